The molecule has 2 aromatic rings. The zero-order valence-corrected chi connectivity index (χ0v) is 17.1. The van der Waals surface area contributed by atoms with Gasteiger partial charge >= 0.3 is 0 Å². The summed E-state index contributed by atoms with van der Waals surface area (Å²) < 4.78 is 5.12. The van der Waals surface area contributed by atoms with Crippen LogP contribution in [0, 0.1) is 5.92 Å². The SMILES string of the molecule is COc1ccc(NC(=O)c2ccc(NC(=S)N[C@@H]3CCCC[C@@H]3C)cc2)cc1. The van der Waals surface area contributed by atoms with Crippen molar-refractivity contribution in [1.29, 1.82) is 0 Å². The minimum Gasteiger partial charge on any atom is -0.497 e. The van der Waals surface area contributed by atoms with Crippen LogP contribution in [0.2, 0.25) is 0 Å². The van der Waals surface area contributed by atoms with Gasteiger partial charge in [-0.2, -0.15) is 0 Å². The highest BCUT2D eigenvalue weighted by Gasteiger charge is 2.21. The lowest BCUT2D eigenvalue weighted by molar-refractivity contribution is 0.102. The molecule has 1 aliphatic carbocycles. The van der Waals surface area contributed by atoms with Gasteiger partial charge in [0.1, 0.15) is 5.75 Å². The number of rotatable bonds is 5. The third-order valence-electron chi connectivity index (χ3n) is 5.18. The molecule has 0 radical (unpaired) electrons. The standard InChI is InChI=1S/C22H27N3O2S/c1-15-5-3-4-6-20(15)25-22(28)24-18-9-7-16(8-10-18)21(26)23-17-11-13-19(27-2)14-12-17/h7-15,20H,3-6H2,1-2H3,(H,23,26)(H2,24,25,28)/t15-,20+/m0/s1. The van der Waals surface area contributed by atoms with E-state index in [9.17, 15) is 4.79 Å². The van der Waals surface area contributed by atoms with Gasteiger partial charge in [-0.1, -0.05) is 19.8 Å². The summed E-state index contributed by atoms with van der Waals surface area (Å²) in [7, 11) is 1.61. The molecule has 1 fully saturated rings. The molecule has 0 aromatic heterocycles. The van der Waals surface area contributed by atoms with Crippen molar-refractivity contribution in [1.82, 2.24) is 5.32 Å². The number of benzene rings is 2. The summed E-state index contributed by atoms with van der Waals surface area (Å²) >= 11 is 5.45. The van der Waals surface area contributed by atoms with Gasteiger partial charge in [-0.25, -0.2) is 0 Å². The number of nitrogens with one attached hydrogen (secondary N) is 3. The smallest absolute Gasteiger partial charge is 0.255 e. The van der Waals surface area contributed by atoms with Gasteiger partial charge in [0.25, 0.3) is 5.91 Å². The lowest BCUT2D eigenvalue weighted by Crippen LogP contribution is -2.43. The number of carbonyl (C=O) groups is 1. The Morgan fingerprint density at radius 2 is 1.57 bits per heavy atom. The van der Waals surface area contributed by atoms with Crippen molar-refractivity contribution in [3.8, 4) is 5.75 Å². The molecular formula is C22H27N3O2S. The molecule has 5 nitrogen and oxygen atoms in total. The molecule has 3 N–H and O–H groups in total. The summed E-state index contributed by atoms with van der Waals surface area (Å²) in [6, 6.07) is 15.0. The van der Waals surface area contributed by atoms with Crippen molar-refractivity contribution in [3.63, 3.8) is 0 Å². The van der Waals surface area contributed by atoms with Crippen LogP contribution >= 0.6 is 12.2 Å². The largest absolute Gasteiger partial charge is 0.497 e. The normalized spacial score (nSPS) is 18.8. The maximum atomic E-state index is 12.4. The van der Waals surface area contributed by atoms with E-state index in [2.05, 4.69) is 22.9 Å². The Hall–Kier alpha value is -2.60. The minimum atomic E-state index is -0.159. The Morgan fingerprint density at radius 1 is 0.964 bits per heavy atom. The predicted octanol–water partition coefficient (Wildman–Crippen LogP) is 4.81. The van der Waals surface area contributed by atoms with E-state index in [1.165, 1.54) is 19.3 Å². The summed E-state index contributed by atoms with van der Waals surface area (Å²) in [5.41, 5.74) is 2.17. The molecule has 28 heavy (non-hydrogen) atoms. The van der Waals surface area contributed by atoms with Crippen LogP contribution in [0.3, 0.4) is 0 Å². The van der Waals surface area contributed by atoms with E-state index in [1.54, 1.807) is 19.2 Å². The first kappa shape index (κ1) is 20.1. The minimum absolute atomic E-state index is 0.159. The van der Waals surface area contributed by atoms with Gasteiger partial charge in [-0.15, -0.1) is 0 Å². The van der Waals surface area contributed by atoms with Gasteiger partial charge in [-0.05, 0) is 79.5 Å². The third kappa shape index (κ3) is 5.45. The topological polar surface area (TPSA) is 62.4 Å². The van der Waals surface area contributed by atoms with Crippen molar-refractivity contribution in [2.45, 2.75) is 38.6 Å². The van der Waals surface area contributed by atoms with Gasteiger partial charge < -0.3 is 20.7 Å². The first-order chi connectivity index (χ1) is 13.5. The maximum Gasteiger partial charge on any atom is 0.255 e. The first-order valence-electron chi connectivity index (χ1n) is 9.68. The van der Waals surface area contributed by atoms with Crippen molar-refractivity contribution in [2.24, 2.45) is 5.92 Å². The van der Waals surface area contributed by atoms with E-state index < -0.39 is 0 Å². The lowest BCUT2D eigenvalue weighted by atomic mass is 9.86. The Kier molecular flexibility index (Phi) is 6.87. The summed E-state index contributed by atoms with van der Waals surface area (Å²) in [5.74, 6) is 1.23. The summed E-state index contributed by atoms with van der Waals surface area (Å²) in [5, 5.41) is 10.1. The van der Waals surface area contributed by atoms with Crippen molar-refractivity contribution >= 4 is 34.6 Å². The molecule has 2 aromatic carbocycles. The highest BCUT2D eigenvalue weighted by molar-refractivity contribution is 7.80. The Balaban J connectivity index is 1.53. The van der Waals surface area contributed by atoms with E-state index in [-0.39, 0.29) is 5.91 Å². The molecule has 0 saturated heterocycles. The molecule has 1 aliphatic rings. The average molecular weight is 398 g/mol. The molecule has 6 heteroatoms. The number of amides is 1. The number of thiocarbonyl (C=S) groups is 1. The van der Waals surface area contributed by atoms with Crippen molar-refractivity contribution in [2.75, 3.05) is 17.7 Å². The van der Waals surface area contributed by atoms with E-state index >= 15 is 0 Å². The zero-order chi connectivity index (χ0) is 19.9. The predicted molar refractivity (Wildman–Crippen MR) is 118 cm³/mol. The van der Waals surface area contributed by atoms with Gasteiger partial charge in [-0.3, -0.25) is 4.79 Å². The van der Waals surface area contributed by atoms with Gasteiger partial charge in [0.2, 0.25) is 0 Å². The molecule has 0 heterocycles. The fourth-order valence-electron chi connectivity index (χ4n) is 3.45. The molecule has 1 amide bonds. The van der Waals surface area contributed by atoms with Crippen LogP contribution in [0.1, 0.15) is 43.0 Å². The molecule has 0 unspecified atom stereocenters. The first-order valence-corrected chi connectivity index (χ1v) is 10.1. The van der Waals surface area contributed by atoms with Crippen molar-refractivity contribution in [3.05, 3.63) is 54.1 Å². The summed E-state index contributed by atoms with van der Waals surface area (Å²) in [4.78, 5) is 12.4. The van der Waals surface area contributed by atoms with E-state index in [0.29, 0.717) is 22.6 Å². The molecule has 0 spiro atoms. The van der Waals surface area contributed by atoms with Crippen LogP contribution in [0.15, 0.2) is 48.5 Å². The van der Waals surface area contributed by atoms with Crippen LogP contribution in [0.4, 0.5) is 11.4 Å². The molecule has 0 bridgehead atoms. The van der Waals surface area contributed by atoms with Crippen LogP contribution in [0.5, 0.6) is 5.75 Å². The molecule has 2 atom stereocenters. The highest BCUT2D eigenvalue weighted by atomic mass is 32.1. The molecule has 0 aliphatic heterocycles. The average Bonchev–Trinajstić information content (AvgIpc) is 2.71. The van der Waals surface area contributed by atoms with E-state index in [0.717, 1.165) is 23.5 Å². The quantitative estimate of drug-likeness (QED) is 0.632. The Morgan fingerprint density at radius 3 is 2.21 bits per heavy atom. The summed E-state index contributed by atoms with van der Waals surface area (Å²) in [6.45, 7) is 2.27. The Bertz CT molecular complexity index is 806. The number of anilines is 2. The fraction of sp³-hybridized carbons (Fsp3) is 0.364. The van der Waals surface area contributed by atoms with Crippen LogP contribution in [-0.2, 0) is 0 Å². The van der Waals surface area contributed by atoms with Gasteiger partial charge in [0.15, 0.2) is 5.11 Å². The molecular weight excluding hydrogens is 370 g/mol. The number of hydrogen-bond donors (Lipinski definition) is 3. The third-order valence-corrected chi connectivity index (χ3v) is 5.40. The summed E-state index contributed by atoms with van der Waals surface area (Å²) in [6.07, 6.45) is 4.97. The second-order valence-electron chi connectivity index (χ2n) is 7.23. The molecule has 3 rings (SSSR count). The maximum absolute atomic E-state index is 12.4. The second-order valence-corrected chi connectivity index (χ2v) is 7.63. The number of carbonyl (C=O) groups excluding carboxylic acids is 1. The molecule has 1 saturated carbocycles. The van der Waals surface area contributed by atoms with Crippen LogP contribution in [0.25, 0.3) is 0 Å². The molecule has 148 valence electrons. The zero-order valence-electron chi connectivity index (χ0n) is 16.3. The number of ether oxygens (including phenoxy) is 1. The second kappa shape index (κ2) is 9.55. The van der Waals surface area contributed by atoms with Crippen molar-refractivity contribution < 1.29 is 9.53 Å². The van der Waals surface area contributed by atoms with Gasteiger partial charge in [0, 0.05) is 23.0 Å². The Labute approximate surface area is 171 Å². The van der Waals surface area contributed by atoms with E-state index in [4.69, 9.17) is 17.0 Å². The highest BCUT2D eigenvalue weighted by Crippen LogP contribution is 2.24. The number of hydrogen-bond acceptors (Lipinski definition) is 3. The van der Waals surface area contributed by atoms with Crippen LogP contribution < -0.4 is 20.7 Å². The lowest BCUT2D eigenvalue weighted by Gasteiger charge is -2.30. The fourth-order valence-corrected chi connectivity index (χ4v) is 3.72. The van der Waals surface area contributed by atoms with E-state index in [1.807, 2.05) is 36.4 Å². The monoisotopic (exact) mass is 397 g/mol. The van der Waals surface area contributed by atoms with Gasteiger partial charge in [0.05, 0.1) is 7.11 Å². The van der Waals surface area contributed by atoms with Crippen LogP contribution in [-0.4, -0.2) is 24.2 Å². The number of methoxy groups -OCH3 is 1.